The lowest BCUT2D eigenvalue weighted by Gasteiger charge is -2.24. The van der Waals surface area contributed by atoms with Gasteiger partial charge < -0.3 is 31.9 Å². The summed E-state index contributed by atoms with van der Waals surface area (Å²) in [6.45, 7) is 4.08. The Balaban J connectivity index is 5.05. The molecule has 7 N–H and O–H groups in total. The average Bonchev–Trinajstić information content (AvgIpc) is 2.61. The first-order valence-electron chi connectivity index (χ1n) is 8.54. The van der Waals surface area contributed by atoms with Gasteiger partial charge in [0.15, 0.2) is 0 Å². The van der Waals surface area contributed by atoms with Gasteiger partial charge in [0.05, 0.1) is 12.6 Å². The molecule has 0 bridgehead atoms. The normalized spacial score (nSPS) is 15.4. The van der Waals surface area contributed by atoms with Gasteiger partial charge in [-0.25, -0.2) is 0 Å². The maximum atomic E-state index is 12.5. The zero-order valence-electron chi connectivity index (χ0n) is 16.0. The summed E-state index contributed by atoms with van der Waals surface area (Å²) in [5.74, 6) is -2.79. The summed E-state index contributed by atoms with van der Waals surface area (Å²) in [5.41, 5.74) is 5.79. The maximum Gasteiger partial charge on any atom is 0.325 e. The minimum atomic E-state index is -1.34. The number of nitrogens with one attached hydrogen (secondary N) is 3. The lowest BCUT2D eigenvalue weighted by atomic mass is 10.0. The number of hydrogen-bond donors (Lipinski definition) is 6. The molecule has 0 heterocycles. The van der Waals surface area contributed by atoms with Gasteiger partial charge in [0, 0.05) is 0 Å². The predicted molar refractivity (Wildman–Crippen MR) is 102 cm³/mol. The summed E-state index contributed by atoms with van der Waals surface area (Å²) >= 11 is 1.48. The molecule has 3 amide bonds. The van der Waals surface area contributed by atoms with Gasteiger partial charge in [0.1, 0.15) is 18.1 Å². The first-order valence-corrected chi connectivity index (χ1v) is 9.93. The molecule has 0 aliphatic carbocycles. The molecule has 0 aromatic heterocycles. The number of aliphatic hydroxyl groups is 1. The first kappa shape index (κ1) is 25.1. The fourth-order valence-electron chi connectivity index (χ4n) is 1.92. The Bertz CT molecular complexity index is 531. The van der Waals surface area contributed by atoms with E-state index >= 15 is 0 Å². The molecule has 0 saturated carbocycles. The number of carbonyl (C=O) groups excluding carboxylic acids is 3. The Morgan fingerprint density at radius 3 is 1.93 bits per heavy atom. The van der Waals surface area contributed by atoms with E-state index in [0.717, 1.165) is 0 Å². The Labute approximate surface area is 163 Å². The standard InChI is InChI=1S/C16H30N4O6S/c1-8(2)12(17)15(24)19-10(5-6-27-4)13(22)20-11(7-21)14(23)18-9(3)16(25)26/h8-12,21H,5-7,17H2,1-4H3,(H,18,23)(H,19,24)(H,20,22)(H,25,26). The van der Waals surface area contributed by atoms with Crippen LogP contribution in [-0.2, 0) is 19.2 Å². The molecule has 0 aromatic carbocycles. The molecule has 0 aliphatic rings. The van der Waals surface area contributed by atoms with Gasteiger partial charge in [-0.2, -0.15) is 11.8 Å². The number of amides is 3. The van der Waals surface area contributed by atoms with Gasteiger partial charge in [-0.15, -0.1) is 0 Å². The van der Waals surface area contributed by atoms with Crippen molar-refractivity contribution in [1.29, 1.82) is 0 Å². The molecule has 11 heteroatoms. The van der Waals surface area contributed by atoms with E-state index in [9.17, 15) is 24.3 Å². The van der Waals surface area contributed by atoms with Crippen LogP contribution in [0.1, 0.15) is 27.2 Å². The number of carboxylic acid groups (broad SMARTS) is 1. The average molecular weight is 407 g/mol. The van der Waals surface area contributed by atoms with Crippen LogP contribution in [0.2, 0.25) is 0 Å². The third-order valence-corrected chi connectivity index (χ3v) is 4.45. The lowest BCUT2D eigenvalue weighted by molar-refractivity contribution is -0.142. The number of aliphatic hydroxyl groups excluding tert-OH is 1. The van der Waals surface area contributed by atoms with E-state index in [-0.39, 0.29) is 5.92 Å². The van der Waals surface area contributed by atoms with Crippen molar-refractivity contribution >= 4 is 35.5 Å². The fraction of sp³-hybridized carbons (Fsp3) is 0.750. The molecule has 27 heavy (non-hydrogen) atoms. The van der Waals surface area contributed by atoms with Crippen LogP contribution in [0.5, 0.6) is 0 Å². The topological polar surface area (TPSA) is 171 Å². The van der Waals surface area contributed by atoms with Crippen molar-refractivity contribution < 1.29 is 29.4 Å². The Morgan fingerprint density at radius 2 is 1.48 bits per heavy atom. The van der Waals surface area contributed by atoms with Crippen molar-refractivity contribution in [2.45, 2.75) is 51.4 Å². The van der Waals surface area contributed by atoms with Crippen molar-refractivity contribution in [2.24, 2.45) is 11.7 Å². The smallest absolute Gasteiger partial charge is 0.325 e. The predicted octanol–water partition coefficient (Wildman–Crippen LogP) is -1.73. The van der Waals surface area contributed by atoms with Crippen LogP contribution in [0, 0.1) is 5.92 Å². The highest BCUT2D eigenvalue weighted by Crippen LogP contribution is 2.04. The van der Waals surface area contributed by atoms with Gasteiger partial charge in [0.25, 0.3) is 0 Å². The summed E-state index contributed by atoms with van der Waals surface area (Å²) in [6, 6.07) is -4.25. The quantitative estimate of drug-likeness (QED) is 0.222. The molecule has 0 radical (unpaired) electrons. The number of carbonyl (C=O) groups is 4. The molecule has 0 fully saturated rings. The summed E-state index contributed by atoms with van der Waals surface area (Å²) in [7, 11) is 0. The van der Waals surface area contributed by atoms with E-state index in [4.69, 9.17) is 10.8 Å². The van der Waals surface area contributed by atoms with Gasteiger partial charge >= 0.3 is 5.97 Å². The van der Waals surface area contributed by atoms with Crippen LogP contribution < -0.4 is 21.7 Å². The van der Waals surface area contributed by atoms with Crippen molar-refractivity contribution in [3.05, 3.63) is 0 Å². The minimum absolute atomic E-state index is 0.122. The van der Waals surface area contributed by atoms with Crippen molar-refractivity contribution in [3.8, 4) is 0 Å². The van der Waals surface area contributed by atoms with Crippen LogP contribution in [-0.4, -0.2) is 76.7 Å². The molecule has 0 rings (SSSR count). The number of rotatable bonds is 12. The molecule has 156 valence electrons. The number of thioether (sulfide) groups is 1. The third-order valence-electron chi connectivity index (χ3n) is 3.81. The third kappa shape index (κ3) is 9.07. The zero-order valence-corrected chi connectivity index (χ0v) is 16.8. The first-order chi connectivity index (χ1) is 12.5. The molecular weight excluding hydrogens is 376 g/mol. The van der Waals surface area contributed by atoms with Crippen LogP contribution >= 0.6 is 11.8 Å². The van der Waals surface area contributed by atoms with Crippen LogP contribution in [0.25, 0.3) is 0 Å². The number of nitrogens with two attached hydrogens (primary N) is 1. The minimum Gasteiger partial charge on any atom is -0.480 e. The van der Waals surface area contributed by atoms with E-state index in [1.807, 2.05) is 6.26 Å². The number of aliphatic carboxylic acids is 1. The molecule has 4 unspecified atom stereocenters. The molecular formula is C16H30N4O6S. The van der Waals surface area contributed by atoms with Gasteiger partial charge in [-0.05, 0) is 31.3 Å². The fourth-order valence-corrected chi connectivity index (χ4v) is 2.39. The van der Waals surface area contributed by atoms with Crippen LogP contribution in [0.15, 0.2) is 0 Å². The van der Waals surface area contributed by atoms with E-state index in [2.05, 4.69) is 16.0 Å². The number of carboxylic acids is 1. The highest BCUT2D eigenvalue weighted by Gasteiger charge is 2.29. The second kappa shape index (κ2) is 12.5. The molecule has 4 atom stereocenters. The summed E-state index contributed by atoms with van der Waals surface area (Å²) in [5, 5.41) is 25.3. The van der Waals surface area contributed by atoms with Crippen molar-refractivity contribution in [2.75, 3.05) is 18.6 Å². The van der Waals surface area contributed by atoms with Crippen LogP contribution in [0.3, 0.4) is 0 Å². The monoisotopic (exact) mass is 406 g/mol. The van der Waals surface area contributed by atoms with Crippen molar-refractivity contribution in [1.82, 2.24) is 16.0 Å². The second-order valence-electron chi connectivity index (χ2n) is 6.42. The van der Waals surface area contributed by atoms with Gasteiger partial charge in [-0.1, -0.05) is 13.8 Å². The van der Waals surface area contributed by atoms with Crippen LogP contribution in [0.4, 0.5) is 0 Å². The summed E-state index contributed by atoms with van der Waals surface area (Å²) < 4.78 is 0. The van der Waals surface area contributed by atoms with Gasteiger partial charge in [-0.3, -0.25) is 19.2 Å². The maximum absolute atomic E-state index is 12.5. The summed E-state index contributed by atoms with van der Waals surface area (Å²) in [4.78, 5) is 47.5. The van der Waals surface area contributed by atoms with E-state index in [1.165, 1.54) is 18.7 Å². The highest BCUT2D eigenvalue weighted by atomic mass is 32.2. The second-order valence-corrected chi connectivity index (χ2v) is 7.41. The number of hydrogen-bond acceptors (Lipinski definition) is 7. The Kier molecular flexibility index (Phi) is 11.7. The molecule has 0 spiro atoms. The van der Waals surface area contributed by atoms with E-state index in [1.54, 1.807) is 13.8 Å². The molecule has 0 saturated heterocycles. The Morgan fingerprint density at radius 1 is 0.963 bits per heavy atom. The molecule has 0 aliphatic heterocycles. The van der Waals surface area contributed by atoms with Gasteiger partial charge in [0.2, 0.25) is 17.7 Å². The Hall–Kier alpha value is -1.85. The van der Waals surface area contributed by atoms with Crippen molar-refractivity contribution in [3.63, 3.8) is 0 Å². The van der Waals surface area contributed by atoms with E-state index in [0.29, 0.717) is 12.2 Å². The SMILES string of the molecule is CSCCC(NC(=O)C(N)C(C)C)C(=O)NC(CO)C(=O)NC(C)C(=O)O. The largest absolute Gasteiger partial charge is 0.480 e. The molecule has 0 aromatic rings. The molecule has 10 nitrogen and oxygen atoms in total. The summed E-state index contributed by atoms with van der Waals surface area (Å²) in [6.07, 6.45) is 2.14. The van der Waals surface area contributed by atoms with E-state index < -0.39 is 54.5 Å². The highest BCUT2D eigenvalue weighted by molar-refractivity contribution is 7.98. The lowest BCUT2D eigenvalue weighted by Crippen LogP contribution is -2.58. The zero-order chi connectivity index (χ0) is 21.1.